The molecule has 2 aromatic rings. The van der Waals surface area contributed by atoms with Gasteiger partial charge in [-0.3, -0.25) is 4.55 Å². The molecular weight excluding hydrogens is 338 g/mol. The molecule has 1 aliphatic carbocycles. The maximum Gasteiger partial charge on any atom is 0.297 e. The summed E-state index contributed by atoms with van der Waals surface area (Å²) in [5.41, 5.74) is 1.44. The quantitative estimate of drug-likeness (QED) is 0.493. The van der Waals surface area contributed by atoms with Gasteiger partial charge >= 0.3 is 0 Å². The fourth-order valence-corrected chi connectivity index (χ4v) is 3.11. The molecule has 7 heteroatoms. The first-order valence-corrected chi connectivity index (χ1v) is 9.10. The molecule has 3 rings (SSSR count). The molecule has 1 unspecified atom stereocenters. The smallest absolute Gasteiger partial charge is 0.283 e. The summed E-state index contributed by atoms with van der Waals surface area (Å²) in [4.78, 5) is -1.82. The first-order chi connectivity index (χ1) is 12.0. The Morgan fingerprint density at radius 3 is 1.92 bits per heavy atom. The zero-order valence-electron chi connectivity index (χ0n) is 13.3. The molecule has 1 N–H and O–H groups in total. The molecule has 2 aromatic carbocycles. The Balaban J connectivity index is 2.04. The van der Waals surface area contributed by atoms with E-state index in [1.165, 1.54) is 17.2 Å². The number of nitrogens with zero attached hydrogens (tertiary/aromatic N) is 3. The van der Waals surface area contributed by atoms with E-state index in [1.54, 1.807) is 12.2 Å². The molecule has 0 bridgehead atoms. The van der Waals surface area contributed by atoms with Crippen molar-refractivity contribution in [2.45, 2.75) is 11.3 Å². The maximum absolute atomic E-state index is 11.9. The highest BCUT2D eigenvalue weighted by Gasteiger charge is 2.41. The van der Waals surface area contributed by atoms with E-state index in [9.17, 15) is 13.0 Å². The molecule has 1 atom stereocenters. The zero-order chi connectivity index (χ0) is 17.8. The highest BCUT2D eigenvalue weighted by atomic mass is 32.2. The molecule has 0 amide bonds. The van der Waals surface area contributed by atoms with Crippen LogP contribution in [0.25, 0.3) is 0 Å². The first kappa shape index (κ1) is 17.1. The summed E-state index contributed by atoms with van der Waals surface area (Å²) in [5, 5.41) is 9.70. The number of hydrogen-bond donors (Lipinski definition) is 1. The molecular formula is C18H17N3O3S. The van der Waals surface area contributed by atoms with E-state index in [0.29, 0.717) is 0 Å². The Bertz CT molecular complexity index is 870. The third-order valence-corrected chi connectivity index (χ3v) is 5.04. The molecule has 6 nitrogen and oxygen atoms in total. The lowest BCUT2D eigenvalue weighted by atomic mass is 10.1. The fourth-order valence-electron chi connectivity index (χ4n) is 2.42. The summed E-state index contributed by atoms with van der Waals surface area (Å²) < 4.78 is 33.4. The lowest BCUT2D eigenvalue weighted by Gasteiger charge is -2.24. The van der Waals surface area contributed by atoms with Crippen molar-refractivity contribution in [3.05, 3.63) is 85.0 Å². The fraction of sp³-hybridized carbons (Fsp3) is 0.111. The van der Waals surface area contributed by atoms with Crippen LogP contribution in [0.15, 0.2) is 95.3 Å². The van der Waals surface area contributed by atoms with Gasteiger partial charge in [0.1, 0.15) is 0 Å². The van der Waals surface area contributed by atoms with Gasteiger partial charge in [-0.15, -0.1) is 5.11 Å². The summed E-state index contributed by atoms with van der Waals surface area (Å²) in [6.45, 7) is 0. The predicted molar refractivity (Wildman–Crippen MR) is 97.1 cm³/mol. The molecule has 0 spiro atoms. The van der Waals surface area contributed by atoms with Crippen molar-refractivity contribution in [2.75, 3.05) is 5.01 Å². The van der Waals surface area contributed by atoms with Crippen LogP contribution in [0, 0.1) is 0 Å². The second-order valence-electron chi connectivity index (χ2n) is 5.48. The van der Waals surface area contributed by atoms with E-state index in [2.05, 4.69) is 10.3 Å². The van der Waals surface area contributed by atoms with Crippen LogP contribution in [0.4, 0.5) is 11.4 Å². The zero-order valence-corrected chi connectivity index (χ0v) is 14.1. The monoisotopic (exact) mass is 355 g/mol. The molecule has 0 aliphatic heterocycles. The van der Waals surface area contributed by atoms with Gasteiger partial charge in [0.15, 0.2) is 0 Å². The van der Waals surface area contributed by atoms with Gasteiger partial charge in [-0.25, -0.2) is 5.01 Å². The van der Waals surface area contributed by atoms with Crippen molar-refractivity contribution >= 4 is 21.5 Å². The topological polar surface area (TPSA) is 82.3 Å². The van der Waals surface area contributed by atoms with Crippen molar-refractivity contribution < 1.29 is 13.0 Å². The Kier molecular flexibility index (Phi) is 4.78. The number of anilines is 2. The van der Waals surface area contributed by atoms with Crippen LogP contribution in [0.5, 0.6) is 0 Å². The van der Waals surface area contributed by atoms with Crippen LogP contribution >= 0.6 is 0 Å². The normalized spacial score (nSPS) is 20.0. The molecule has 128 valence electrons. The van der Waals surface area contributed by atoms with E-state index in [1.807, 2.05) is 60.7 Å². The van der Waals surface area contributed by atoms with Crippen LogP contribution < -0.4 is 5.01 Å². The Morgan fingerprint density at radius 2 is 1.48 bits per heavy atom. The number of para-hydroxylation sites is 2. The number of rotatable bonds is 5. The van der Waals surface area contributed by atoms with Gasteiger partial charge in [0, 0.05) is 6.42 Å². The van der Waals surface area contributed by atoms with Gasteiger partial charge in [0.25, 0.3) is 10.1 Å². The second-order valence-corrected chi connectivity index (χ2v) is 7.14. The summed E-state index contributed by atoms with van der Waals surface area (Å²) in [7, 11) is -4.47. The van der Waals surface area contributed by atoms with Crippen LogP contribution in [-0.4, -0.2) is 17.8 Å². The molecule has 0 aromatic heterocycles. The van der Waals surface area contributed by atoms with Gasteiger partial charge < -0.3 is 0 Å². The molecule has 0 fully saturated rings. The standard InChI is InChI=1S/C18H17N3O3S/c22-25(23,24)18(14-8-3-9-15-18)19-20-21(16-10-4-1-5-11-16)17-12-6-2-7-13-17/h1-14H,15H2,(H,22,23,24). The molecule has 0 heterocycles. The maximum atomic E-state index is 11.9. The third-order valence-electron chi connectivity index (χ3n) is 3.77. The SMILES string of the molecule is O=S(=O)(O)C1(N=NN(c2ccccc2)c2ccccc2)C=CC=CC1. The Hall–Kier alpha value is -2.77. The predicted octanol–water partition coefficient (Wildman–Crippen LogP) is 4.29. The molecule has 0 radical (unpaired) electrons. The van der Waals surface area contributed by atoms with E-state index in [-0.39, 0.29) is 6.42 Å². The van der Waals surface area contributed by atoms with E-state index in [4.69, 9.17) is 0 Å². The molecule has 0 saturated carbocycles. The van der Waals surface area contributed by atoms with Crippen molar-refractivity contribution in [1.82, 2.24) is 0 Å². The summed E-state index contributed by atoms with van der Waals surface area (Å²) in [6, 6.07) is 18.5. The minimum Gasteiger partial charge on any atom is -0.283 e. The first-order valence-electron chi connectivity index (χ1n) is 7.66. The Labute approximate surface area is 146 Å². The third kappa shape index (κ3) is 3.67. The van der Waals surface area contributed by atoms with Crippen molar-refractivity contribution in [2.24, 2.45) is 10.3 Å². The Morgan fingerprint density at radius 1 is 0.920 bits per heavy atom. The van der Waals surface area contributed by atoms with Crippen LogP contribution in [0.3, 0.4) is 0 Å². The second kappa shape index (κ2) is 7.00. The summed E-state index contributed by atoms with van der Waals surface area (Å²) in [5.74, 6) is 0. The van der Waals surface area contributed by atoms with Crippen molar-refractivity contribution in [3.63, 3.8) is 0 Å². The summed E-state index contributed by atoms with van der Waals surface area (Å²) >= 11 is 0. The minimum atomic E-state index is -4.47. The highest BCUT2D eigenvalue weighted by Crippen LogP contribution is 2.31. The summed E-state index contributed by atoms with van der Waals surface area (Å²) in [6.07, 6.45) is 6.21. The molecule has 1 aliphatic rings. The lowest BCUT2D eigenvalue weighted by molar-refractivity contribution is 0.442. The van der Waals surface area contributed by atoms with E-state index in [0.717, 1.165) is 11.4 Å². The number of benzene rings is 2. The van der Waals surface area contributed by atoms with E-state index >= 15 is 0 Å². The van der Waals surface area contributed by atoms with Gasteiger partial charge in [-0.05, 0) is 30.3 Å². The lowest BCUT2D eigenvalue weighted by Crippen LogP contribution is -2.34. The number of allylic oxidation sites excluding steroid dienone is 2. The van der Waals surface area contributed by atoms with Crippen molar-refractivity contribution in [1.29, 1.82) is 0 Å². The van der Waals surface area contributed by atoms with Crippen LogP contribution in [0.1, 0.15) is 6.42 Å². The van der Waals surface area contributed by atoms with Crippen LogP contribution in [0.2, 0.25) is 0 Å². The highest BCUT2D eigenvalue weighted by molar-refractivity contribution is 7.87. The van der Waals surface area contributed by atoms with Gasteiger partial charge in [0.05, 0.1) is 11.4 Å². The van der Waals surface area contributed by atoms with Gasteiger partial charge in [-0.2, -0.15) is 8.42 Å². The van der Waals surface area contributed by atoms with Gasteiger partial charge in [-0.1, -0.05) is 59.8 Å². The minimum absolute atomic E-state index is 0.0171. The van der Waals surface area contributed by atoms with E-state index < -0.39 is 15.0 Å². The average molecular weight is 355 g/mol. The molecule has 25 heavy (non-hydrogen) atoms. The van der Waals surface area contributed by atoms with Gasteiger partial charge in [0.2, 0.25) is 4.87 Å². The number of hydrogen-bond acceptors (Lipinski definition) is 4. The largest absolute Gasteiger partial charge is 0.297 e. The van der Waals surface area contributed by atoms with Crippen LogP contribution in [-0.2, 0) is 10.1 Å². The van der Waals surface area contributed by atoms with Crippen molar-refractivity contribution in [3.8, 4) is 0 Å². The average Bonchev–Trinajstić information content (AvgIpc) is 2.64. The molecule has 0 saturated heterocycles.